The van der Waals surface area contributed by atoms with Crippen molar-refractivity contribution in [2.45, 2.75) is 130 Å². The van der Waals surface area contributed by atoms with Gasteiger partial charge in [0.1, 0.15) is 23.7 Å². The van der Waals surface area contributed by atoms with Crippen molar-refractivity contribution in [1.82, 2.24) is 36.6 Å². The number of alkyl carbamates (subject to hydrolysis) is 1. The highest BCUT2D eigenvalue weighted by Crippen LogP contribution is 2.15. The number of aromatic amines is 1. The number of ether oxygens (including phenoxy) is 1. The first kappa shape index (κ1) is 48.4. The molecule has 0 radical (unpaired) electrons. The van der Waals surface area contributed by atoms with Crippen LogP contribution in [0.5, 0.6) is 0 Å². The highest BCUT2D eigenvalue weighted by Gasteiger charge is 2.33. The van der Waals surface area contributed by atoms with Crippen molar-refractivity contribution in [2.75, 3.05) is 0 Å². The van der Waals surface area contributed by atoms with E-state index in [0.29, 0.717) is 25.1 Å². The Bertz CT molecular complexity index is 1860. The van der Waals surface area contributed by atoms with Crippen molar-refractivity contribution < 1.29 is 33.8 Å². The molecule has 0 saturated heterocycles. The predicted octanol–water partition coefficient (Wildman–Crippen LogP) is 2.48. The van der Waals surface area contributed by atoms with E-state index >= 15 is 0 Å². The molecule has 0 aliphatic rings. The summed E-state index contributed by atoms with van der Waals surface area (Å²) in [5.74, 6) is -2.23. The minimum atomic E-state index is -1.35. The fourth-order valence-corrected chi connectivity index (χ4v) is 6.33. The molecule has 0 aliphatic carbocycles. The van der Waals surface area contributed by atoms with Crippen LogP contribution in [0.3, 0.4) is 0 Å². The third kappa shape index (κ3) is 18.3. The molecule has 0 bridgehead atoms. The minimum absolute atomic E-state index is 0.000393. The zero-order valence-corrected chi connectivity index (χ0v) is 35.8. The number of hydrogen-bond acceptors (Lipinski definition) is 9. The number of aliphatic imine (C=N–C) groups is 1. The lowest BCUT2D eigenvalue weighted by Gasteiger charge is -2.29. The molecular formula is C43H64N10O7. The number of nitrogens with two attached hydrogens (primary N) is 2. The number of aliphatic hydroxyl groups excluding tert-OH is 1. The molecule has 1 heterocycles. The quantitative estimate of drug-likeness (QED) is 0.0527. The zero-order chi connectivity index (χ0) is 44.4. The summed E-state index contributed by atoms with van der Waals surface area (Å²) in [5, 5.41) is 25.4. The first-order valence-corrected chi connectivity index (χ1v) is 20.3. The van der Waals surface area contributed by atoms with E-state index in [1.807, 2.05) is 82.3 Å². The van der Waals surface area contributed by atoms with Crippen LogP contribution < -0.4 is 38.1 Å². The lowest BCUT2D eigenvalue weighted by molar-refractivity contribution is -0.132. The van der Waals surface area contributed by atoms with Crippen LogP contribution in [-0.2, 0) is 49.8 Å². The van der Waals surface area contributed by atoms with Crippen molar-refractivity contribution in [3.8, 4) is 0 Å². The van der Waals surface area contributed by atoms with Crippen molar-refractivity contribution in [2.24, 2.45) is 28.3 Å². The summed E-state index contributed by atoms with van der Waals surface area (Å²) in [6.07, 6.45) is 1.14. The second kappa shape index (κ2) is 23.6. The highest BCUT2D eigenvalue weighted by molar-refractivity contribution is 5.92. The molecule has 2 unspecified atom stereocenters. The normalized spacial score (nSPS) is 13.9. The Morgan fingerprint density at radius 1 is 0.783 bits per heavy atom. The van der Waals surface area contributed by atoms with Gasteiger partial charge in [0.2, 0.25) is 23.6 Å². The second-order valence-electron chi connectivity index (χ2n) is 16.8. The van der Waals surface area contributed by atoms with Crippen molar-refractivity contribution >= 4 is 35.7 Å². The van der Waals surface area contributed by atoms with Gasteiger partial charge in [-0.3, -0.25) is 19.2 Å². The molecule has 2 aromatic carbocycles. The number of hydrogen-bond donors (Lipinski definition) is 9. The number of aliphatic hydroxyl groups is 1. The van der Waals surface area contributed by atoms with E-state index < -0.39 is 72.0 Å². The maximum absolute atomic E-state index is 14.1. The van der Waals surface area contributed by atoms with E-state index in [1.54, 1.807) is 20.8 Å². The van der Waals surface area contributed by atoms with Gasteiger partial charge in [-0.2, -0.15) is 0 Å². The summed E-state index contributed by atoms with van der Waals surface area (Å²) >= 11 is 0. The number of benzene rings is 2. The Hall–Kier alpha value is -5.97. The molecular weight excluding hydrogens is 769 g/mol. The maximum atomic E-state index is 14.1. The Balaban J connectivity index is 1.75. The number of nitrogens with one attached hydrogen (secondary N) is 6. The Morgan fingerprint density at radius 3 is 2.03 bits per heavy atom. The molecule has 0 fully saturated rings. The summed E-state index contributed by atoms with van der Waals surface area (Å²) in [4.78, 5) is 78.7. The van der Waals surface area contributed by atoms with Gasteiger partial charge in [-0.1, -0.05) is 82.3 Å². The first-order chi connectivity index (χ1) is 28.3. The van der Waals surface area contributed by atoms with Gasteiger partial charge in [0.05, 0.1) is 31.4 Å². The van der Waals surface area contributed by atoms with E-state index in [0.717, 1.165) is 16.7 Å². The van der Waals surface area contributed by atoms with Crippen LogP contribution in [0, 0.1) is 11.8 Å². The molecule has 17 heteroatoms. The van der Waals surface area contributed by atoms with E-state index in [2.05, 4.69) is 41.5 Å². The highest BCUT2D eigenvalue weighted by atomic mass is 16.6. The van der Waals surface area contributed by atoms with Gasteiger partial charge in [0, 0.05) is 31.3 Å². The van der Waals surface area contributed by atoms with Gasteiger partial charge in [0.15, 0.2) is 5.96 Å². The average molecular weight is 833 g/mol. The molecule has 60 heavy (non-hydrogen) atoms. The number of amides is 5. The number of aromatic nitrogens is 2. The summed E-state index contributed by atoms with van der Waals surface area (Å²) in [6.45, 7) is 13.3. The van der Waals surface area contributed by atoms with Crippen molar-refractivity contribution in [1.29, 1.82) is 0 Å². The lowest BCUT2D eigenvalue weighted by atomic mass is 9.96. The Labute approximate surface area is 352 Å². The second-order valence-corrected chi connectivity index (χ2v) is 16.8. The Morgan fingerprint density at radius 2 is 1.42 bits per heavy atom. The number of guanidine groups is 1. The summed E-state index contributed by atoms with van der Waals surface area (Å²) in [6, 6.07) is 12.4. The standard InChI is InChI=1S/C43H64N10O7/c1-26(2)16-32(36(54)21-37(55)50-33(17-27(3)4)38(56)47-22-29-14-11-15-30(18-29)23-48-41(44)45)51-40(58)35(20-31-24-46-25-49-31)52-39(57)34(19-28-12-9-8-10-13-28)53-42(59)60-43(5,6)7/h8-15,18,24-27,32-36,54H,16-17,19-23H2,1-7H3,(H,46,49)(H,47,56)(H,50,55)(H,51,58)(H,52,57)(H,53,59)(H4,44,45,48)/t32?,33-,34-,35-,36?/m0/s1. The van der Waals surface area contributed by atoms with Gasteiger partial charge in [-0.05, 0) is 62.1 Å². The fourth-order valence-electron chi connectivity index (χ4n) is 6.33. The van der Waals surface area contributed by atoms with Gasteiger partial charge in [-0.25, -0.2) is 14.8 Å². The maximum Gasteiger partial charge on any atom is 0.408 e. The number of rotatable bonds is 22. The van der Waals surface area contributed by atoms with Crippen LogP contribution in [-0.4, -0.2) is 86.6 Å². The number of imidazole rings is 1. The molecule has 1 aromatic heterocycles. The minimum Gasteiger partial charge on any atom is -0.444 e. The fraction of sp³-hybridized carbons (Fsp3) is 0.512. The molecule has 5 atom stereocenters. The molecule has 3 rings (SSSR count). The van der Waals surface area contributed by atoms with Crippen LogP contribution in [0.2, 0.25) is 0 Å². The van der Waals surface area contributed by atoms with Crippen LogP contribution in [0.15, 0.2) is 72.1 Å². The van der Waals surface area contributed by atoms with Crippen LogP contribution >= 0.6 is 0 Å². The number of nitrogens with zero attached hydrogens (tertiary/aromatic N) is 2. The first-order valence-electron chi connectivity index (χ1n) is 20.3. The average Bonchev–Trinajstić information content (AvgIpc) is 3.67. The molecule has 0 saturated carbocycles. The molecule has 3 aromatic rings. The third-order valence-electron chi connectivity index (χ3n) is 9.08. The third-order valence-corrected chi connectivity index (χ3v) is 9.08. The van der Waals surface area contributed by atoms with Crippen molar-refractivity contribution in [3.05, 3.63) is 89.5 Å². The van der Waals surface area contributed by atoms with E-state index in [9.17, 15) is 29.1 Å². The SMILES string of the molecule is CC(C)CC(NC(=O)[C@H](Cc1cnc[nH]1)NC(=O)[C@H](Cc1ccccc1)NC(=O)OC(C)(C)C)C(O)CC(=O)N[C@@H](CC(C)C)C(=O)NCc1cccc(CN=C(N)N)c1. The molecule has 0 spiro atoms. The zero-order valence-electron chi connectivity index (χ0n) is 35.8. The molecule has 5 amide bonds. The number of carbonyl (C=O) groups is 5. The number of carbonyl (C=O) groups excluding carboxylic acids is 5. The van der Waals surface area contributed by atoms with Crippen molar-refractivity contribution in [3.63, 3.8) is 0 Å². The largest absolute Gasteiger partial charge is 0.444 e. The van der Waals surface area contributed by atoms with Crippen LogP contribution in [0.25, 0.3) is 0 Å². The number of H-pyrrole nitrogens is 1. The lowest BCUT2D eigenvalue weighted by Crippen LogP contribution is -2.58. The topological polar surface area (TPSA) is 268 Å². The summed E-state index contributed by atoms with van der Waals surface area (Å²) in [7, 11) is 0. The van der Waals surface area contributed by atoms with Gasteiger partial charge in [0.25, 0.3) is 0 Å². The molecule has 11 N–H and O–H groups in total. The van der Waals surface area contributed by atoms with E-state index in [1.165, 1.54) is 12.5 Å². The predicted molar refractivity (Wildman–Crippen MR) is 229 cm³/mol. The van der Waals surface area contributed by atoms with Crippen LogP contribution in [0.1, 0.15) is 90.1 Å². The summed E-state index contributed by atoms with van der Waals surface area (Å²) < 4.78 is 5.43. The van der Waals surface area contributed by atoms with Gasteiger partial charge >= 0.3 is 6.09 Å². The van der Waals surface area contributed by atoms with E-state index in [4.69, 9.17) is 16.2 Å². The Kier molecular flexibility index (Phi) is 19.0. The molecule has 328 valence electrons. The van der Waals surface area contributed by atoms with Crippen LogP contribution in [0.4, 0.5) is 4.79 Å². The molecule has 17 nitrogen and oxygen atoms in total. The van der Waals surface area contributed by atoms with Gasteiger partial charge in [-0.15, -0.1) is 0 Å². The summed E-state index contributed by atoms with van der Waals surface area (Å²) in [5.41, 5.74) is 13.1. The smallest absolute Gasteiger partial charge is 0.408 e. The monoisotopic (exact) mass is 832 g/mol. The molecule has 0 aliphatic heterocycles. The van der Waals surface area contributed by atoms with Gasteiger partial charge < -0.3 is 52.9 Å². The van der Waals surface area contributed by atoms with E-state index in [-0.39, 0.29) is 37.2 Å².